The van der Waals surface area contributed by atoms with E-state index in [4.69, 9.17) is 4.74 Å². The quantitative estimate of drug-likeness (QED) is 0.879. The van der Waals surface area contributed by atoms with Gasteiger partial charge in [-0.3, -0.25) is 9.78 Å². The Morgan fingerprint density at radius 1 is 1.16 bits per heavy atom. The normalized spacial score (nSPS) is 14.9. The van der Waals surface area contributed by atoms with Crippen molar-refractivity contribution in [2.75, 3.05) is 33.3 Å². The largest absolute Gasteiger partial charge is 0.497 e. The van der Waals surface area contributed by atoms with Crippen LogP contribution in [-0.4, -0.2) is 49.1 Å². The molecule has 0 bridgehead atoms. The van der Waals surface area contributed by atoms with E-state index >= 15 is 0 Å². The number of methoxy groups -OCH3 is 1. The summed E-state index contributed by atoms with van der Waals surface area (Å²) in [6.07, 6.45) is 7.23. The van der Waals surface area contributed by atoms with Gasteiger partial charge in [0.25, 0.3) is 5.91 Å². The van der Waals surface area contributed by atoms with Crippen LogP contribution in [0.3, 0.4) is 0 Å². The van der Waals surface area contributed by atoms with Gasteiger partial charge in [0.15, 0.2) is 0 Å². The van der Waals surface area contributed by atoms with Crippen LogP contribution in [0.5, 0.6) is 5.75 Å². The molecule has 1 aliphatic heterocycles. The molecule has 0 atom stereocenters. The van der Waals surface area contributed by atoms with Crippen LogP contribution in [0.25, 0.3) is 11.1 Å². The van der Waals surface area contributed by atoms with Crippen LogP contribution < -0.4 is 10.1 Å². The summed E-state index contributed by atoms with van der Waals surface area (Å²) in [5.41, 5.74) is 2.47. The van der Waals surface area contributed by atoms with Crippen molar-refractivity contribution in [3.05, 3.63) is 48.3 Å². The zero-order valence-electron chi connectivity index (χ0n) is 14.7. The second kappa shape index (κ2) is 8.62. The number of ether oxygens (including phenoxy) is 1. The second-order valence-electron chi connectivity index (χ2n) is 6.35. The fourth-order valence-corrected chi connectivity index (χ4v) is 3.14. The number of piperidine rings is 1. The number of likely N-dealkylation sites (tertiary alicyclic amines) is 1. The monoisotopic (exact) mass is 339 g/mol. The highest BCUT2D eigenvalue weighted by Gasteiger charge is 2.11. The number of rotatable bonds is 6. The van der Waals surface area contributed by atoms with Crippen molar-refractivity contribution in [2.24, 2.45) is 0 Å². The van der Waals surface area contributed by atoms with Crippen molar-refractivity contribution >= 4 is 5.91 Å². The number of aromatic nitrogens is 1. The number of nitrogens with one attached hydrogen (secondary N) is 1. The van der Waals surface area contributed by atoms with E-state index in [-0.39, 0.29) is 5.91 Å². The van der Waals surface area contributed by atoms with E-state index in [0.29, 0.717) is 12.1 Å². The summed E-state index contributed by atoms with van der Waals surface area (Å²) >= 11 is 0. The predicted octanol–water partition coefficient (Wildman–Crippen LogP) is 2.97. The third kappa shape index (κ3) is 4.79. The molecular formula is C20H25N3O2. The van der Waals surface area contributed by atoms with Crippen LogP contribution in [-0.2, 0) is 0 Å². The number of amides is 1. The van der Waals surface area contributed by atoms with Gasteiger partial charge in [-0.1, -0.05) is 18.6 Å². The lowest BCUT2D eigenvalue weighted by molar-refractivity contribution is 0.0946. The van der Waals surface area contributed by atoms with Crippen molar-refractivity contribution in [3.8, 4) is 16.9 Å². The zero-order valence-corrected chi connectivity index (χ0v) is 14.7. The molecule has 1 saturated heterocycles. The van der Waals surface area contributed by atoms with E-state index < -0.39 is 0 Å². The molecule has 0 saturated carbocycles. The highest BCUT2D eigenvalue weighted by molar-refractivity contribution is 5.95. The summed E-state index contributed by atoms with van der Waals surface area (Å²) in [5, 5.41) is 3.00. The van der Waals surface area contributed by atoms with Gasteiger partial charge in [-0.25, -0.2) is 0 Å². The first-order chi connectivity index (χ1) is 12.3. The van der Waals surface area contributed by atoms with E-state index in [2.05, 4.69) is 15.2 Å². The van der Waals surface area contributed by atoms with E-state index in [1.54, 1.807) is 19.5 Å². The molecule has 1 aliphatic rings. The Morgan fingerprint density at radius 2 is 2.00 bits per heavy atom. The molecule has 132 valence electrons. The fourth-order valence-electron chi connectivity index (χ4n) is 3.14. The molecule has 25 heavy (non-hydrogen) atoms. The fraction of sp³-hybridized carbons (Fsp3) is 0.400. The molecule has 5 nitrogen and oxygen atoms in total. The number of nitrogens with zero attached hydrogens (tertiary/aromatic N) is 2. The molecule has 1 fully saturated rings. The Balaban J connectivity index is 1.61. The lowest BCUT2D eigenvalue weighted by Gasteiger charge is -2.26. The maximum absolute atomic E-state index is 12.4. The van der Waals surface area contributed by atoms with Crippen molar-refractivity contribution in [3.63, 3.8) is 0 Å². The summed E-state index contributed by atoms with van der Waals surface area (Å²) in [4.78, 5) is 19.0. The van der Waals surface area contributed by atoms with Crippen LogP contribution >= 0.6 is 0 Å². The summed E-state index contributed by atoms with van der Waals surface area (Å²) in [7, 11) is 1.64. The van der Waals surface area contributed by atoms with Crippen LogP contribution in [0, 0.1) is 0 Å². The molecule has 1 N–H and O–H groups in total. The molecule has 2 aromatic rings. The maximum atomic E-state index is 12.4. The van der Waals surface area contributed by atoms with Gasteiger partial charge in [0.2, 0.25) is 0 Å². The molecular weight excluding hydrogens is 314 g/mol. The first-order valence-corrected chi connectivity index (χ1v) is 8.86. The molecule has 1 amide bonds. The smallest absolute Gasteiger partial charge is 0.252 e. The Hall–Kier alpha value is -2.40. The second-order valence-corrected chi connectivity index (χ2v) is 6.35. The Morgan fingerprint density at radius 3 is 2.80 bits per heavy atom. The topological polar surface area (TPSA) is 54.5 Å². The molecule has 1 aromatic heterocycles. The average Bonchev–Trinajstić information content (AvgIpc) is 2.69. The molecule has 0 unspecified atom stereocenters. The maximum Gasteiger partial charge on any atom is 0.252 e. The zero-order chi connectivity index (χ0) is 17.5. The van der Waals surface area contributed by atoms with Gasteiger partial charge < -0.3 is 15.0 Å². The van der Waals surface area contributed by atoms with Crippen molar-refractivity contribution in [2.45, 2.75) is 19.3 Å². The number of benzene rings is 1. The number of hydrogen-bond acceptors (Lipinski definition) is 4. The minimum Gasteiger partial charge on any atom is -0.497 e. The van der Waals surface area contributed by atoms with Crippen molar-refractivity contribution in [1.82, 2.24) is 15.2 Å². The minimum absolute atomic E-state index is 0.0748. The molecule has 1 aromatic carbocycles. The number of carbonyl (C=O) groups excluding carboxylic acids is 1. The van der Waals surface area contributed by atoms with E-state index in [9.17, 15) is 4.79 Å². The van der Waals surface area contributed by atoms with Crippen LogP contribution in [0.1, 0.15) is 29.6 Å². The molecule has 0 spiro atoms. The highest BCUT2D eigenvalue weighted by Crippen LogP contribution is 2.23. The molecule has 2 heterocycles. The third-order valence-corrected chi connectivity index (χ3v) is 4.57. The number of carbonyl (C=O) groups is 1. The summed E-state index contributed by atoms with van der Waals surface area (Å²) < 4.78 is 5.26. The van der Waals surface area contributed by atoms with Gasteiger partial charge in [0.1, 0.15) is 5.75 Å². The summed E-state index contributed by atoms with van der Waals surface area (Å²) in [6.45, 7) is 3.86. The standard InChI is InChI=1S/C20H25N3O2/c1-25-19-7-5-6-16(13-19)17-12-18(15-21-14-17)20(24)22-8-11-23-9-3-2-4-10-23/h5-7,12-15H,2-4,8-11H2,1H3,(H,22,24). The molecule has 5 heteroatoms. The molecule has 0 radical (unpaired) electrons. The van der Waals surface area contributed by atoms with Crippen LogP contribution in [0.2, 0.25) is 0 Å². The van der Waals surface area contributed by atoms with Gasteiger partial charge in [0.05, 0.1) is 12.7 Å². The van der Waals surface area contributed by atoms with Gasteiger partial charge in [-0.15, -0.1) is 0 Å². The lowest BCUT2D eigenvalue weighted by atomic mass is 10.1. The summed E-state index contributed by atoms with van der Waals surface area (Å²) in [6, 6.07) is 9.62. The summed E-state index contributed by atoms with van der Waals surface area (Å²) in [5.74, 6) is 0.711. The van der Waals surface area contributed by atoms with Gasteiger partial charge in [-0.2, -0.15) is 0 Å². The van der Waals surface area contributed by atoms with E-state index in [1.807, 2.05) is 30.3 Å². The highest BCUT2D eigenvalue weighted by atomic mass is 16.5. The minimum atomic E-state index is -0.0748. The van der Waals surface area contributed by atoms with Gasteiger partial charge in [0, 0.05) is 31.0 Å². The third-order valence-electron chi connectivity index (χ3n) is 4.57. The van der Waals surface area contributed by atoms with Crippen LogP contribution in [0.15, 0.2) is 42.7 Å². The van der Waals surface area contributed by atoms with Gasteiger partial charge >= 0.3 is 0 Å². The number of hydrogen-bond donors (Lipinski definition) is 1. The first kappa shape index (κ1) is 17.4. The molecule has 0 aliphatic carbocycles. The Bertz CT molecular complexity index is 712. The first-order valence-electron chi connectivity index (χ1n) is 8.86. The predicted molar refractivity (Wildman–Crippen MR) is 98.8 cm³/mol. The van der Waals surface area contributed by atoms with Gasteiger partial charge in [-0.05, 0) is 49.7 Å². The lowest BCUT2D eigenvalue weighted by Crippen LogP contribution is -2.37. The average molecular weight is 339 g/mol. The van der Waals surface area contributed by atoms with Crippen molar-refractivity contribution < 1.29 is 9.53 Å². The Kier molecular flexibility index (Phi) is 6.01. The van der Waals surface area contributed by atoms with Crippen LogP contribution in [0.4, 0.5) is 0 Å². The van der Waals surface area contributed by atoms with E-state index in [0.717, 1.165) is 36.5 Å². The van der Waals surface area contributed by atoms with Crippen molar-refractivity contribution in [1.29, 1.82) is 0 Å². The Labute approximate surface area is 149 Å². The number of pyridine rings is 1. The molecule has 3 rings (SSSR count). The SMILES string of the molecule is COc1cccc(-c2cncc(C(=O)NCCN3CCCCC3)c2)c1. The van der Waals surface area contributed by atoms with E-state index in [1.165, 1.54) is 19.3 Å².